The van der Waals surface area contributed by atoms with Crippen LogP contribution in [0.1, 0.15) is 44.7 Å². The molecule has 164 valence electrons. The van der Waals surface area contributed by atoms with Crippen LogP contribution in [-0.2, 0) is 19.9 Å². The first kappa shape index (κ1) is 20.2. The molecule has 3 heterocycles. The fraction of sp³-hybridized carbons (Fsp3) is 0.333. The number of benzene rings is 1. The number of nitrogens with one attached hydrogen (secondary N) is 1. The molecule has 0 atom stereocenters. The summed E-state index contributed by atoms with van der Waals surface area (Å²) in [6.07, 6.45) is 6.87. The van der Waals surface area contributed by atoms with Gasteiger partial charge in [0.1, 0.15) is 0 Å². The van der Waals surface area contributed by atoms with Gasteiger partial charge in [-0.05, 0) is 48.9 Å². The molecular weight excluding hydrogens is 404 g/mol. The molecule has 0 unspecified atom stereocenters. The van der Waals surface area contributed by atoms with Crippen molar-refractivity contribution in [2.45, 2.75) is 31.7 Å². The first-order chi connectivity index (χ1) is 15.5. The number of nitrogens with two attached hydrogens (primary N) is 1. The van der Waals surface area contributed by atoms with Crippen LogP contribution in [0.4, 0.5) is 5.95 Å². The van der Waals surface area contributed by atoms with Gasteiger partial charge >= 0.3 is 0 Å². The molecule has 0 bridgehead atoms. The number of piperidine rings is 1. The van der Waals surface area contributed by atoms with Gasteiger partial charge < -0.3 is 20.5 Å². The largest absolute Gasteiger partial charge is 0.366 e. The van der Waals surface area contributed by atoms with Gasteiger partial charge in [0, 0.05) is 44.1 Å². The fourth-order valence-corrected chi connectivity index (χ4v) is 4.75. The van der Waals surface area contributed by atoms with Crippen LogP contribution >= 0.6 is 0 Å². The first-order valence-corrected chi connectivity index (χ1v) is 11.0. The molecule has 3 aromatic rings. The van der Waals surface area contributed by atoms with Crippen LogP contribution in [-0.4, -0.2) is 50.4 Å². The third-order valence-corrected chi connectivity index (χ3v) is 6.42. The number of aryl methyl sites for hydroxylation is 2. The predicted molar refractivity (Wildman–Crippen MR) is 121 cm³/mol. The van der Waals surface area contributed by atoms with Gasteiger partial charge in [0.25, 0.3) is 11.8 Å². The molecule has 1 aliphatic carbocycles. The van der Waals surface area contributed by atoms with E-state index in [1.165, 1.54) is 0 Å². The summed E-state index contributed by atoms with van der Waals surface area (Å²) in [4.78, 5) is 35.7. The number of carbonyl (C=O) groups is 2. The molecule has 5 rings (SSSR count). The summed E-state index contributed by atoms with van der Waals surface area (Å²) in [6, 6.07) is 9.60. The molecule has 0 spiro atoms. The first-order valence-electron chi connectivity index (χ1n) is 11.0. The highest BCUT2D eigenvalue weighted by molar-refractivity contribution is 5.97. The molecule has 1 fully saturated rings. The highest BCUT2D eigenvalue weighted by Crippen LogP contribution is 2.35. The maximum atomic E-state index is 12.7. The zero-order chi connectivity index (χ0) is 22.2. The zero-order valence-electron chi connectivity index (χ0n) is 18.0. The number of anilines is 1. The van der Waals surface area contributed by atoms with E-state index in [4.69, 9.17) is 10.7 Å². The Morgan fingerprint density at radius 2 is 1.88 bits per heavy atom. The fourth-order valence-electron chi connectivity index (χ4n) is 4.75. The van der Waals surface area contributed by atoms with Crippen molar-refractivity contribution in [3.8, 4) is 11.4 Å². The van der Waals surface area contributed by atoms with E-state index < -0.39 is 5.91 Å². The van der Waals surface area contributed by atoms with Gasteiger partial charge in [-0.1, -0.05) is 18.2 Å². The smallest absolute Gasteiger partial charge is 0.253 e. The Hall–Kier alpha value is -3.68. The lowest BCUT2D eigenvalue weighted by atomic mass is 9.92. The molecule has 1 aromatic carbocycles. The molecule has 2 amide bonds. The summed E-state index contributed by atoms with van der Waals surface area (Å²) in [6.45, 7) is 1.39. The maximum Gasteiger partial charge on any atom is 0.253 e. The van der Waals surface area contributed by atoms with E-state index >= 15 is 0 Å². The Bertz CT molecular complexity index is 1180. The number of likely N-dealkylation sites (tertiary alicyclic amines) is 1. The normalized spacial score (nSPS) is 15.7. The van der Waals surface area contributed by atoms with Gasteiger partial charge in [-0.15, -0.1) is 0 Å². The van der Waals surface area contributed by atoms with Crippen molar-refractivity contribution < 1.29 is 9.59 Å². The van der Waals surface area contributed by atoms with Crippen LogP contribution in [0, 0.1) is 0 Å². The minimum atomic E-state index is -0.408. The van der Waals surface area contributed by atoms with Crippen molar-refractivity contribution in [2.24, 2.45) is 12.8 Å². The van der Waals surface area contributed by atoms with Crippen LogP contribution in [0.2, 0.25) is 0 Å². The Kier molecular flexibility index (Phi) is 5.13. The van der Waals surface area contributed by atoms with Crippen LogP contribution < -0.4 is 11.1 Å². The molecule has 0 radical (unpaired) electrons. The second-order valence-electron chi connectivity index (χ2n) is 8.49. The van der Waals surface area contributed by atoms with Crippen LogP contribution in [0.15, 0.2) is 42.7 Å². The standard InChI is InChI=1S/C24H26N6O2/c1-29-14-19(22(25)31)18-8-7-16-13-26-24(28-20(16)21(18)29)27-17-9-11-30(12-10-17)23(32)15-5-3-2-4-6-15/h2-6,13-14,17H,7-12H2,1H3,(H2,25,31)(H,26,27,28). The third-order valence-electron chi connectivity index (χ3n) is 6.42. The minimum absolute atomic E-state index is 0.0792. The Morgan fingerprint density at radius 3 is 2.59 bits per heavy atom. The maximum absolute atomic E-state index is 12.7. The van der Waals surface area contributed by atoms with Crippen molar-refractivity contribution in [1.82, 2.24) is 19.4 Å². The number of hydrogen-bond donors (Lipinski definition) is 2. The monoisotopic (exact) mass is 430 g/mol. The quantitative estimate of drug-likeness (QED) is 0.661. The number of rotatable bonds is 4. The zero-order valence-corrected chi connectivity index (χ0v) is 18.0. The van der Waals surface area contributed by atoms with E-state index in [0.717, 1.165) is 53.8 Å². The molecule has 8 nitrogen and oxygen atoms in total. The van der Waals surface area contributed by atoms with Crippen molar-refractivity contribution in [2.75, 3.05) is 18.4 Å². The van der Waals surface area contributed by atoms with Crippen molar-refractivity contribution in [1.29, 1.82) is 0 Å². The molecule has 3 N–H and O–H groups in total. The molecule has 1 saturated heterocycles. The number of fused-ring (bicyclic) bond motifs is 3. The van der Waals surface area contributed by atoms with E-state index in [1.54, 1.807) is 6.20 Å². The average Bonchev–Trinajstić information content (AvgIpc) is 3.17. The van der Waals surface area contributed by atoms with Gasteiger partial charge in [0.2, 0.25) is 5.95 Å². The molecule has 32 heavy (non-hydrogen) atoms. The summed E-state index contributed by atoms with van der Waals surface area (Å²) < 4.78 is 1.93. The number of carbonyl (C=O) groups excluding carboxylic acids is 2. The lowest BCUT2D eigenvalue weighted by Gasteiger charge is -2.32. The van der Waals surface area contributed by atoms with E-state index in [0.29, 0.717) is 24.6 Å². The van der Waals surface area contributed by atoms with Gasteiger partial charge in [0.15, 0.2) is 0 Å². The molecule has 2 aliphatic rings. The van der Waals surface area contributed by atoms with Crippen LogP contribution in [0.3, 0.4) is 0 Å². The van der Waals surface area contributed by atoms with E-state index in [1.807, 2.05) is 53.0 Å². The number of amides is 2. The summed E-state index contributed by atoms with van der Waals surface area (Å²) in [5.41, 5.74) is 10.7. The summed E-state index contributed by atoms with van der Waals surface area (Å²) in [5.74, 6) is 0.247. The lowest BCUT2D eigenvalue weighted by Crippen LogP contribution is -2.42. The molecule has 1 aliphatic heterocycles. The Morgan fingerprint density at radius 1 is 1.12 bits per heavy atom. The molecule has 8 heteroatoms. The average molecular weight is 431 g/mol. The predicted octanol–water partition coefficient (Wildman–Crippen LogP) is 2.40. The summed E-state index contributed by atoms with van der Waals surface area (Å²) in [5, 5.41) is 3.45. The molecule has 2 aromatic heterocycles. The van der Waals surface area contributed by atoms with Gasteiger partial charge in [-0.3, -0.25) is 9.59 Å². The van der Waals surface area contributed by atoms with Crippen molar-refractivity contribution >= 4 is 17.8 Å². The number of hydrogen-bond acceptors (Lipinski definition) is 5. The van der Waals surface area contributed by atoms with Gasteiger partial charge in [-0.25, -0.2) is 9.97 Å². The van der Waals surface area contributed by atoms with E-state index in [-0.39, 0.29) is 11.9 Å². The topological polar surface area (TPSA) is 106 Å². The van der Waals surface area contributed by atoms with Crippen LogP contribution in [0.25, 0.3) is 11.4 Å². The lowest BCUT2D eigenvalue weighted by molar-refractivity contribution is 0.0718. The van der Waals surface area contributed by atoms with E-state index in [2.05, 4.69) is 10.3 Å². The Balaban J connectivity index is 1.30. The van der Waals surface area contributed by atoms with E-state index in [9.17, 15) is 9.59 Å². The molecule has 0 saturated carbocycles. The van der Waals surface area contributed by atoms with Crippen molar-refractivity contribution in [3.05, 3.63) is 65.0 Å². The highest BCUT2D eigenvalue weighted by atomic mass is 16.2. The number of nitrogens with zero attached hydrogens (tertiary/aromatic N) is 4. The van der Waals surface area contributed by atoms with Crippen molar-refractivity contribution in [3.63, 3.8) is 0 Å². The third kappa shape index (κ3) is 3.62. The number of primary amides is 1. The van der Waals surface area contributed by atoms with Crippen LogP contribution in [0.5, 0.6) is 0 Å². The minimum Gasteiger partial charge on any atom is -0.366 e. The summed E-state index contributed by atoms with van der Waals surface area (Å²) in [7, 11) is 1.91. The second kappa shape index (κ2) is 8.11. The SMILES string of the molecule is Cn1cc(C(N)=O)c2c1-c1nc(NC3CCN(C(=O)c4ccccc4)CC3)ncc1CC2. The number of aromatic nitrogens is 3. The molecular formula is C24H26N6O2. The summed E-state index contributed by atoms with van der Waals surface area (Å²) >= 11 is 0. The highest BCUT2D eigenvalue weighted by Gasteiger charge is 2.28. The Labute approximate surface area is 186 Å². The second-order valence-corrected chi connectivity index (χ2v) is 8.49. The van der Waals surface area contributed by atoms with Gasteiger partial charge in [-0.2, -0.15) is 0 Å². The van der Waals surface area contributed by atoms with Gasteiger partial charge in [0.05, 0.1) is 17.0 Å².